The van der Waals surface area contributed by atoms with Gasteiger partial charge in [-0.1, -0.05) is 68.3 Å². The molecule has 0 saturated heterocycles. The van der Waals surface area contributed by atoms with Crippen molar-refractivity contribution in [2.24, 2.45) is 5.10 Å². The van der Waals surface area contributed by atoms with Crippen molar-refractivity contribution in [2.45, 2.75) is 0 Å². The third kappa shape index (κ3) is 6.30. The summed E-state index contributed by atoms with van der Waals surface area (Å²) < 4.78 is 7.37. The van der Waals surface area contributed by atoms with Gasteiger partial charge in [-0.2, -0.15) is 5.10 Å². The van der Waals surface area contributed by atoms with Crippen molar-refractivity contribution >= 4 is 50.1 Å². The molecular weight excluding hydrogens is 512 g/mol. The van der Waals surface area contributed by atoms with E-state index in [1.54, 1.807) is 6.07 Å². The number of halogens is 2. The molecule has 3 aromatic rings. The first-order chi connectivity index (χ1) is 14.5. The van der Waals surface area contributed by atoms with Gasteiger partial charge < -0.3 is 9.84 Å². The van der Waals surface area contributed by atoms with Crippen LogP contribution in [0.25, 0.3) is 6.08 Å². The van der Waals surface area contributed by atoms with Crippen LogP contribution in [-0.4, -0.2) is 23.8 Å². The number of carbonyl (C=O) groups is 1. The smallest absolute Gasteiger partial charge is 0.275 e. The van der Waals surface area contributed by atoms with Crippen molar-refractivity contribution in [1.82, 2.24) is 5.43 Å². The number of hydrogen-bond donors (Lipinski definition) is 2. The number of aromatic hydroxyl groups is 1. The van der Waals surface area contributed by atoms with Gasteiger partial charge in [-0.25, -0.2) is 5.43 Å². The fourth-order valence-corrected chi connectivity index (χ4v) is 3.29. The van der Waals surface area contributed by atoms with Gasteiger partial charge in [0.15, 0.2) is 0 Å². The molecule has 0 fully saturated rings. The van der Waals surface area contributed by atoms with E-state index in [1.807, 2.05) is 60.7 Å². The average molecular weight is 530 g/mol. The third-order valence-electron chi connectivity index (χ3n) is 3.99. The second-order valence-electron chi connectivity index (χ2n) is 6.17. The predicted octanol–water partition coefficient (Wildman–Crippen LogP) is 5.77. The monoisotopic (exact) mass is 528 g/mol. The van der Waals surface area contributed by atoms with E-state index in [0.29, 0.717) is 22.4 Å². The highest BCUT2D eigenvalue weighted by Crippen LogP contribution is 2.23. The van der Waals surface area contributed by atoms with E-state index in [9.17, 15) is 9.90 Å². The quantitative estimate of drug-likeness (QED) is 0.301. The molecule has 0 bridgehead atoms. The number of ether oxygens (including phenoxy) is 1. The van der Waals surface area contributed by atoms with Crippen molar-refractivity contribution in [1.29, 1.82) is 0 Å². The molecule has 7 heteroatoms. The summed E-state index contributed by atoms with van der Waals surface area (Å²) in [6.45, 7) is 0.385. The predicted molar refractivity (Wildman–Crippen MR) is 126 cm³/mol. The van der Waals surface area contributed by atoms with Gasteiger partial charge in [-0.3, -0.25) is 4.79 Å². The Hall–Kier alpha value is -2.90. The van der Waals surface area contributed by atoms with E-state index >= 15 is 0 Å². The number of nitrogens with one attached hydrogen (secondary N) is 1. The number of benzene rings is 3. The van der Waals surface area contributed by atoms with Gasteiger partial charge in [0.05, 0.1) is 11.8 Å². The molecule has 3 rings (SSSR count). The maximum atomic E-state index is 12.3. The summed E-state index contributed by atoms with van der Waals surface area (Å²) in [7, 11) is 0. The second kappa shape index (κ2) is 10.8. The molecule has 2 N–H and O–H groups in total. The summed E-state index contributed by atoms with van der Waals surface area (Å²) in [6.07, 6.45) is 5.40. The Bertz CT molecular complexity index is 1080. The maximum absolute atomic E-state index is 12.3. The molecule has 0 atom stereocenters. The molecule has 0 aliphatic rings. The first-order valence-electron chi connectivity index (χ1n) is 8.99. The summed E-state index contributed by atoms with van der Waals surface area (Å²) in [4.78, 5) is 12.3. The molecule has 152 valence electrons. The highest BCUT2D eigenvalue weighted by molar-refractivity contribution is 9.10. The molecule has 0 radical (unpaired) electrons. The molecular formula is C23H18Br2N2O3. The first-order valence-corrected chi connectivity index (χ1v) is 10.6. The lowest BCUT2D eigenvalue weighted by atomic mass is 10.2. The van der Waals surface area contributed by atoms with Crippen LogP contribution in [0.2, 0.25) is 0 Å². The average Bonchev–Trinajstić information content (AvgIpc) is 2.75. The highest BCUT2D eigenvalue weighted by atomic mass is 79.9. The fourth-order valence-electron chi connectivity index (χ4n) is 2.55. The van der Waals surface area contributed by atoms with Crippen LogP contribution in [0.5, 0.6) is 11.5 Å². The Morgan fingerprint density at radius 2 is 1.77 bits per heavy atom. The number of carbonyl (C=O) groups excluding carboxylic acids is 1. The van der Waals surface area contributed by atoms with E-state index in [4.69, 9.17) is 4.74 Å². The second-order valence-corrected chi connectivity index (χ2v) is 8.00. The van der Waals surface area contributed by atoms with Crippen molar-refractivity contribution in [2.75, 3.05) is 6.61 Å². The zero-order chi connectivity index (χ0) is 21.3. The summed E-state index contributed by atoms with van der Waals surface area (Å²) in [6, 6.07) is 20.1. The zero-order valence-corrected chi connectivity index (χ0v) is 18.9. The van der Waals surface area contributed by atoms with E-state index in [-0.39, 0.29) is 11.3 Å². The van der Waals surface area contributed by atoms with Gasteiger partial charge >= 0.3 is 0 Å². The lowest BCUT2D eigenvalue weighted by Crippen LogP contribution is -2.17. The number of rotatable bonds is 7. The summed E-state index contributed by atoms with van der Waals surface area (Å²) >= 11 is 6.70. The maximum Gasteiger partial charge on any atom is 0.275 e. The number of amides is 1. The molecule has 0 aliphatic heterocycles. The van der Waals surface area contributed by atoms with Gasteiger partial charge in [0.2, 0.25) is 0 Å². The highest BCUT2D eigenvalue weighted by Gasteiger charge is 2.11. The van der Waals surface area contributed by atoms with Gasteiger partial charge in [0.25, 0.3) is 5.91 Å². The Morgan fingerprint density at radius 3 is 2.57 bits per heavy atom. The number of phenolic OH excluding ortho intramolecular Hbond substituents is 1. The minimum absolute atomic E-state index is 0.123. The number of hydrogen-bond acceptors (Lipinski definition) is 4. The minimum Gasteiger partial charge on any atom is -0.507 e. The van der Waals surface area contributed by atoms with Crippen molar-refractivity contribution in [3.63, 3.8) is 0 Å². The van der Waals surface area contributed by atoms with Gasteiger partial charge in [-0.05, 0) is 48.0 Å². The van der Waals surface area contributed by atoms with Crippen LogP contribution in [0, 0.1) is 0 Å². The van der Waals surface area contributed by atoms with Crippen molar-refractivity contribution in [3.8, 4) is 11.5 Å². The Morgan fingerprint density at radius 1 is 1.03 bits per heavy atom. The Labute approximate surface area is 191 Å². The van der Waals surface area contributed by atoms with Crippen molar-refractivity contribution in [3.05, 3.63) is 98.4 Å². The standard InChI is InChI=1S/C23H18Br2N2O3/c24-18-9-11-22(30-12-4-7-16-5-2-1-3-6-16)17(13-18)15-26-27-23(29)20-14-19(25)8-10-21(20)28/h1-11,13-15,28H,12H2,(H,27,29)/b7-4+,26-15+. The van der Waals surface area contributed by atoms with E-state index < -0.39 is 5.91 Å². The molecule has 0 aromatic heterocycles. The lowest BCUT2D eigenvalue weighted by molar-refractivity contribution is 0.0952. The van der Waals surface area contributed by atoms with Crippen LogP contribution < -0.4 is 10.2 Å². The molecule has 30 heavy (non-hydrogen) atoms. The molecule has 0 spiro atoms. The number of phenols is 1. The molecule has 0 saturated carbocycles. The van der Waals surface area contributed by atoms with E-state index in [0.717, 1.165) is 10.0 Å². The zero-order valence-electron chi connectivity index (χ0n) is 15.8. The van der Waals surface area contributed by atoms with Crippen LogP contribution in [-0.2, 0) is 0 Å². The Kier molecular flexibility index (Phi) is 7.82. The minimum atomic E-state index is -0.520. The van der Waals surface area contributed by atoms with Crippen LogP contribution >= 0.6 is 31.9 Å². The van der Waals surface area contributed by atoms with Crippen molar-refractivity contribution < 1.29 is 14.6 Å². The summed E-state index contributed by atoms with van der Waals surface area (Å²) in [5.41, 5.74) is 4.32. The van der Waals surface area contributed by atoms with Crippen LogP contribution in [0.15, 0.2) is 86.9 Å². The third-order valence-corrected chi connectivity index (χ3v) is 4.98. The largest absolute Gasteiger partial charge is 0.507 e. The van der Waals surface area contributed by atoms with Gasteiger partial charge in [-0.15, -0.1) is 0 Å². The SMILES string of the molecule is O=C(N/N=C/c1cc(Br)ccc1OC/C=C/c1ccccc1)c1cc(Br)ccc1O. The van der Waals surface area contributed by atoms with Crippen LogP contribution in [0.4, 0.5) is 0 Å². The number of nitrogens with zero attached hydrogens (tertiary/aromatic N) is 1. The first kappa shape index (κ1) is 21.8. The van der Waals surface area contributed by atoms with Crippen LogP contribution in [0.3, 0.4) is 0 Å². The molecule has 3 aromatic carbocycles. The molecule has 5 nitrogen and oxygen atoms in total. The molecule has 0 aliphatic carbocycles. The van der Waals surface area contributed by atoms with Gasteiger partial charge in [0.1, 0.15) is 18.1 Å². The molecule has 0 unspecified atom stereocenters. The normalized spacial score (nSPS) is 11.1. The lowest BCUT2D eigenvalue weighted by Gasteiger charge is -2.08. The molecule has 0 heterocycles. The van der Waals surface area contributed by atoms with Gasteiger partial charge in [0, 0.05) is 14.5 Å². The topological polar surface area (TPSA) is 70.9 Å². The summed E-state index contributed by atoms with van der Waals surface area (Å²) in [5, 5.41) is 13.8. The van der Waals surface area contributed by atoms with Crippen LogP contribution in [0.1, 0.15) is 21.5 Å². The molecule has 1 amide bonds. The Balaban J connectivity index is 1.65. The summed E-state index contributed by atoms with van der Waals surface area (Å²) in [5.74, 6) is -0.0184. The van der Waals surface area contributed by atoms with E-state index in [2.05, 4.69) is 42.4 Å². The van der Waals surface area contributed by atoms with E-state index in [1.165, 1.54) is 18.3 Å². The number of hydrazone groups is 1. The fraction of sp³-hybridized carbons (Fsp3) is 0.0435.